The van der Waals surface area contributed by atoms with Crippen LogP contribution in [-0.4, -0.2) is 216 Å². The van der Waals surface area contributed by atoms with E-state index in [9.17, 15) is 50.8 Å². The Bertz CT molecular complexity index is 940. The van der Waals surface area contributed by atoms with Gasteiger partial charge in [-0.25, -0.2) is 0 Å². The number of aliphatic hydroxyl groups is 9. The molecule has 0 radical (unpaired) electrons. The molecule has 3 fully saturated rings. The number of ether oxygens (including phenoxy) is 9. The molecule has 3 rings (SSSR count). The van der Waals surface area contributed by atoms with E-state index in [4.69, 9.17) is 42.6 Å². The number of hydrogen-bond donors (Lipinski definition) is 11. The summed E-state index contributed by atoms with van der Waals surface area (Å²) in [5.41, 5.74) is 0. The first-order chi connectivity index (χ1) is 23.5. The SMILES string of the molecule is CC(=O)N[C@H]1[C@H](O[C@@H]2[C@H](O)[C@@H](O)[C@H](O[C@H]3[C@H](O)[C@@H](O)[C@H](OCCOCCOCCOCCS)O[C@@H]3CO)O[C@@H]2CO)O[C@H](CO)[C@H](O)[C@@H]1O. The molecule has 21 heteroatoms. The van der Waals surface area contributed by atoms with Crippen LogP contribution in [-0.2, 0) is 47.4 Å². The van der Waals surface area contributed by atoms with E-state index in [0.29, 0.717) is 32.2 Å². The van der Waals surface area contributed by atoms with E-state index in [1.165, 1.54) is 0 Å². The summed E-state index contributed by atoms with van der Waals surface area (Å²) < 4.78 is 49.6. The molecule has 3 aliphatic rings. The van der Waals surface area contributed by atoms with Crippen LogP contribution in [0.3, 0.4) is 0 Å². The smallest absolute Gasteiger partial charge is 0.217 e. The van der Waals surface area contributed by atoms with Gasteiger partial charge < -0.3 is 93.9 Å². The highest BCUT2D eigenvalue weighted by molar-refractivity contribution is 7.80. The summed E-state index contributed by atoms with van der Waals surface area (Å²) in [6, 6.07) is -1.40. The molecule has 15 atom stereocenters. The second-order valence-electron chi connectivity index (χ2n) is 11.5. The number of hydrogen-bond acceptors (Lipinski definition) is 20. The predicted octanol–water partition coefficient (Wildman–Crippen LogP) is -6.43. The van der Waals surface area contributed by atoms with Crippen LogP contribution in [0.2, 0.25) is 0 Å². The van der Waals surface area contributed by atoms with Crippen LogP contribution in [0.4, 0.5) is 0 Å². The molecule has 0 aromatic heterocycles. The Morgan fingerprint density at radius 3 is 1.55 bits per heavy atom. The van der Waals surface area contributed by atoms with Crippen LogP contribution in [0.15, 0.2) is 0 Å². The van der Waals surface area contributed by atoms with Crippen LogP contribution in [0, 0.1) is 0 Å². The maximum absolute atomic E-state index is 11.8. The Morgan fingerprint density at radius 1 is 0.592 bits per heavy atom. The van der Waals surface area contributed by atoms with E-state index in [1.807, 2.05) is 0 Å². The van der Waals surface area contributed by atoms with Crippen molar-refractivity contribution in [3.05, 3.63) is 0 Å². The summed E-state index contributed by atoms with van der Waals surface area (Å²) in [5, 5.41) is 96.2. The Morgan fingerprint density at radius 2 is 1.04 bits per heavy atom. The largest absolute Gasteiger partial charge is 0.394 e. The summed E-state index contributed by atoms with van der Waals surface area (Å²) in [6.45, 7) is 0.795. The summed E-state index contributed by atoms with van der Waals surface area (Å²) >= 11 is 4.03. The standard InChI is InChI=1S/C28H51NO19S/c1-13(33)29-17-19(35)18(34)14(10-30)44-26(17)47-24-16(12-32)46-28(23(39)21(24)37)48-25-15(11-31)45-27(22(38)20(25)36)43-7-6-41-3-2-40-4-5-42-8-9-49/h14-28,30-32,34-39,49H,2-12H2,1H3,(H,29,33)/t14-,15-,16-,17-,18+,19-,20-,21-,22-,23-,24+,25-,26+,27-,28+/m1/s1. The van der Waals surface area contributed by atoms with Gasteiger partial charge in [-0.05, 0) is 0 Å². The van der Waals surface area contributed by atoms with Gasteiger partial charge in [-0.15, -0.1) is 0 Å². The van der Waals surface area contributed by atoms with Gasteiger partial charge in [-0.1, -0.05) is 0 Å². The van der Waals surface area contributed by atoms with Crippen LogP contribution in [0.1, 0.15) is 6.92 Å². The van der Waals surface area contributed by atoms with Gasteiger partial charge in [-0.3, -0.25) is 4.79 Å². The Balaban J connectivity index is 1.55. The van der Waals surface area contributed by atoms with E-state index < -0.39 is 118 Å². The average molecular weight is 738 g/mol. The first-order valence-corrected chi connectivity index (χ1v) is 16.5. The molecule has 1 amide bonds. The number of carbonyl (C=O) groups is 1. The molecule has 0 saturated carbocycles. The van der Waals surface area contributed by atoms with Crippen molar-refractivity contribution in [1.29, 1.82) is 0 Å². The third-order valence-corrected chi connectivity index (χ3v) is 8.15. The van der Waals surface area contributed by atoms with Crippen molar-refractivity contribution in [3.8, 4) is 0 Å². The number of thiol groups is 1. The predicted molar refractivity (Wildman–Crippen MR) is 163 cm³/mol. The van der Waals surface area contributed by atoms with E-state index in [0.717, 1.165) is 6.92 Å². The second-order valence-corrected chi connectivity index (χ2v) is 11.9. The van der Waals surface area contributed by atoms with Gasteiger partial charge in [0.05, 0.1) is 66.1 Å². The molecule has 10 N–H and O–H groups in total. The highest BCUT2D eigenvalue weighted by Gasteiger charge is 2.53. The Kier molecular flexibility index (Phi) is 18.7. The minimum absolute atomic E-state index is 0.0536. The molecule has 0 aromatic rings. The molecule has 20 nitrogen and oxygen atoms in total. The van der Waals surface area contributed by atoms with Crippen LogP contribution >= 0.6 is 12.6 Å². The van der Waals surface area contributed by atoms with E-state index in [2.05, 4.69) is 17.9 Å². The monoisotopic (exact) mass is 737 g/mol. The topological polar surface area (TPSA) is 294 Å². The van der Waals surface area contributed by atoms with Crippen LogP contribution in [0.25, 0.3) is 0 Å². The fourth-order valence-electron chi connectivity index (χ4n) is 5.42. The maximum atomic E-state index is 11.8. The number of aliphatic hydroxyl groups excluding tert-OH is 9. The lowest BCUT2D eigenvalue weighted by Gasteiger charge is -2.48. The first kappa shape index (κ1) is 42.5. The van der Waals surface area contributed by atoms with Gasteiger partial charge in [0.25, 0.3) is 0 Å². The summed E-state index contributed by atoms with van der Waals surface area (Å²) in [7, 11) is 0. The lowest BCUT2D eigenvalue weighted by Crippen LogP contribution is -2.68. The van der Waals surface area contributed by atoms with Crippen molar-refractivity contribution in [3.63, 3.8) is 0 Å². The van der Waals surface area contributed by atoms with E-state index in [1.54, 1.807) is 0 Å². The lowest BCUT2D eigenvalue weighted by atomic mass is 9.95. The number of carbonyl (C=O) groups excluding carboxylic acids is 1. The highest BCUT2D eigenvalue weighted by Crippen LogP contribution is 2.32. The van der Waals surface area contributed by atoms with Gasteiger partial charge in [-0.2, -0.15) is 12.6 Å². The number of nitrogens with one attached hydrogen (secondary N) is 1. The average Bonchev–Trinajstić information content (AvgIpc) is 3.08. The minimum Gasteiger partial charge on any atom is -0.394 e. The summed E-state index contributed by atoms with van der Waals surface area (Å²) in [5.74, 6) is -0.0199. The van der Waals surface area contributed by atoms with Gasteiger partial charge in [0.2, 0.25) is 5.91 Å². The molecule has 49 heavy (non-hydrogen) atoms. The molecule has 3 saturated heterocycles. The molecule has 0 unspecified atom stereocenters. The molecule has 3 aliphatic heterocycles. The lowest BCUT2D eigenvalue weighted by molar-refractivity contribution is -0.374. The molecule has 0 aliphatic carbocycles. The number of rotatable bonds is 20. The fourth-order valence-corrected chi connectivity index (χ4v) is 5.55. The van der Waals surface area contributed by atoms with Crippen LogP contribution < -0.4 is 5.32 Å². The molecule has 288 valence electrons. The van der Waals surface area contributed by atoms with Crippen molar-refractivity contribution in [2.75, 3.05) is 71.8 Å². The first-order valence-electron chi connectivity index (χ1n) is 15.9. The van der Waals surface area contributed by atoms with Gasteiger partial charge in [0, 0.05) is 12.7 Å². The summed E-state index contributed by atoms with van der Waals surface area (Å²) in [6.07, 6.45) is -22.6. The molecule has 0 aromatic carbocycles. The zero-order valence-corrected chi connectivity index (χ0v) is 27.9. The molecule has 0 bridgehead atoms. The van der Waals surface area contributed by atoms with Crippen LogP contribution in [0.5, 0.6) is 0 Å². The maximum Gasteiger partial charge on any atom is 0.217 e. The minimum atomic E-state index is -1.93. The van der Waals surface area contributed by atoms with Crippen molar-refractivity contribution >= 4 is 18.5 Å². The normalized spacial score (nSPS) is 39.9. The van der Waals surface area contributed by atoms with E-state index >= 15 is 0 Å². The zero-order valence-electron chi connectivity index (χ0n) is 27.0. The van der Waals surface area contributed by atoms with E-state index in [-0.39, 0.29) is 19.8 Å². The van der Waals surface area contributed by atoms with Gasteiger partial charge in [0.1, 0.15) is 73.2 Å². The van der Waals surface area contributed by atoms with Crippen molar-refractivity contribution in [2.24, 2.45) is 0 Å². The van der Waals surface area contributed by atoms with Gasteiger partial charge in [0.15, 0.2) is 18.9 Å². The van der Waals surface area contributed by atoms with Gasteiger partial charge >= 0.3 is 0 Å². The summed E-state index contributed by atoms with van der Waals surface area (Å²) in [4.78, 5) is 11.8. The third-order valence-electron chi connectivity index (χ3n) is 7.96. The molecular formula is C28H51NO19S. The third kappa shape index (κ3) is 11.8. The molecule has 0 spiro atoms. The Labute approximate surface area is 288 Å². The molecule has 3 heterocycles. The fraction of sp³-hybridized carbons (Fsp3) is 0.964. The second kappa shape index (κ2) is 21.6. The number of amides is 1. The highest BCUT2D eigenvalue weighted by atomic mass is 32.1. The van der Waals surface area contributed by atoms with Crippen molar-refractivity contribution in [2.45, 2.75) is 99.0 Å². The Hall–Kier alpha value is -0.900. The van der Waals surface area contributed by atoms with Crippen molar-refractivity contribution < 1.29 is 93.4 Å². The van der Waals surface area contributed by atoms with Crippen molar-refractivity contribution in [1.82, 2.24) is 5.32 Å². The zero-order chi connectivity index (χ0) is 36.1. The quantitative estimate of drug-likeness (QED) is 0.0409. The molecular weight excluding hydrogens is 686 g/mol.